The van der Waals surface area contributed by atoms with E-state index in [1.807, 2.05) is 0 Å². The Kier molecular flexibility index (Phi) is 3.75. The maximum absolute atomic E-state index is 12.5. The van der Waals surface area contributed by atoms with Gasteiger partial charge in [0.15, 0.2) is 5.13 Å². The molecule has 0 saturated heterocycles. The van der Waals surface area contributed by atoms with Gasteiger partial charge < -0.3 is 10.7 Å². The third kappa shape index (κ3) is 2.88. The molecule has 0 unspecified atom stereocenters. The van der Waals surface area contributed by atoms with E-state index < -0.39 is 5.91 Å². The lowest BCUT2D eigenvalue weighted by atomic mass is 10.2. The molecular weight excluding hydrogens is 360 g/mol. The molecule has 2 amide bonds. The highest BCUT2D eigenvalue weighted by molar-refractivity contribution is 7.14. The Morgan fingerprint density at radius 1 is 1.24 bits per heavy atom. The molecule has 0 aliphatic carbocycles. The normalized spacial score (nSPS) is 10.9. The van der Waals surface area contributed by atoms with E-state index in [-0.39, 0.29) is 5.91 Å². The molecule has 0 spiro atoms. The third-order valence-corrected chi connectivity index (χ3v) is 4.80. The molecule has 3 aromatic heterocycles. The Bertz CT molecular complexity index is 1100. The van der Waals surface area contributed by atoms with Crippen LogP contribution in [0.4, 0.5) is 5.13 Å². The fourth-order valence-corrected chi connectivity index (χ4v) is 3.57. The summed E-state index contributed by atoms with van der Waals surface area (Å²) in [7, 11) is 0. The summed E-state index contributed by atoms with van der Waals surface area (Å²) in [6.45, 7) is 0. The van der Waals surface area contributed by atoms with Crippen LogP contribution in [0.15, 0.2) is 35.8 Å². The number of primary amides is 1. The van der Waals surface area contributed by atoms with Crippen molar-refractivity contribution in [3.05, 3.63) is 47.1 Å². The quantitative estimate of drug-likeness (QED) is 0.509. The number of nitrogens with one attached hydrogen (secondary N) is 2. The SMILES string of the molecule is NC(=O)c1cc(-c2csc(NC(=O)c3cccc4nsnc34)n2)c[nH]1. The number of carbonyl (C=O) groups excluding carboxylic acids is 2. The minimum Gasteiger partial charge on any atom is -0.364 e. The van der Waals surface area contributed by atoms with E-state index in [0.717, 1.165) is 17.3 Å². The molecule has 0 fully saturated rings. The molecule has 124 valence electrons. The number of benzene rings is 1. The van der Waals surface area contributed by atoms with Gasteiger partial charge in [-0.2, -0.15) is 8.75 Å². The molecule has 0 aliphatic heterocycles. The van der Waals surface area contributed by atoms with E-state index >= 15 is 0 Å². The molecule has 0 atom stereocenters. The Morgan fingerprint density at radius 3 is 2.92 bits per heavy atom. The number of carbonyl (C=O) groups is 2. The molecule has 10 heteroatoms. The largest absolute Gasteiger partial charge is 0.364 e. The minimum absolute atomic E-state index is 0.300. The molecule has 0 radical (unpaired) electrons. The standard InChI is InChI=1S/C15H10N6O2S2/c16-13(22)10-4-7(5-17-10)11-6-24-15(18-11)19-14(23)8-2-1-3-9-12(8)21-25-20-9/h1-6,17H,(H2,16,22)(H,18,19,23). The van der Waals surface area contributed by atoms with E-state index in [2.05, 4.69) is 24.0 Å². The van der Waals surface area contributed by atoms with Gasteiger partial charge in [-0.1, -0.05) is 6.07 Å². The molecule has 1 aromatic carbocycles. The molecule has 0 aliphatic rings. The van der Waals surface area contributed by atoms with Crippen LogP contribution in [0.5, 0.6) is 0 Å². The van der Waals surface area contributed by atoms with Crippen molar-refractivity contribution in [3.63, 3.8) is 0 Å². The van der Waals surface area contributed by atoms with Gasteiger partial charge in [-0.3, -0.25) is 14.9 Å². The highest BCUT2D eigenvalue weighted by atomic mass is 32.1. The molecule has 4 aromatic rings. The van der Waals surface area contributed by atoms with Crippen molar-refractivity contribution in [2.75, 3.05) is 5.32 Å². The van der Waals surface area contributed by atoms with Gasteiger partial charge >= 0.3 is 0 Å². The van der Waals surface area contributed by atoms with Gasteiger partial charge in [-0.15, -0.1) is 11.3 Å². The maximum Gasteiger partial charge on any atom is 0.265 e. The number of hydrogen-bond acceptors (Lipinski definition) is 7. The Balaban J connectivity index is 1.57. The van der Waals surface area contributed by atoms with Crippen LogP contribution in [0.2, 0.25) is 0 Å². The maximum atomic E-state index is 12.5. The lowest BCUT2D eigenvalue weighted by molar-refractivity contribution is 0.0994. The van der Waals surface area contributed by atoms with Crippen molar-refractivity contribution in [3.8, 4) is 11.3 Å². The van der Waals surface area contributed by atoms with Gasteiger partial charge in [-0.25, -0.2) is 4.98 Å². The second kappa shape index (κ2) is 6.07. The van der Waals surface area contributed by atoms with Gasteiger partial charge in [0.25, 0.3) is 11.8 Å². The highest BCUT2D eigenvalue weighted by Gasteiger charge is 2.15. The molecule has 25 heavy (non-hydrogen) atoms. The number of hydrogen-bond donors (Lipinski definition) is 3. The first-order valence-electron chi connectivity index (χ1n) is 7.08. The average molecular weight is 370 g/mol. The molecule has 8 nitrogen and oxygen atoms in total. The predicted octanol–water partition coefficient (Wildman–Crippen LogP) is 2.49. The van der Waals surface area contributed by atoms with Crippen molar-refractivity contribution in [1.29, 1.82) is 0 Å². The summed E-state index contributed by atoms with van der Waals surface area (Å²) < 4.78 is 8.28. The van der Waals surface area contributed by atoms with Crippen LogP contribution in [-0.2, 0) is 0 Å². The molecule has 0 saturated carbocycles. The lowest BCUT2D eigenvalue weighted by Gasteiger charge is -2.01. The second-order valence-corrected chi connectivity index (χ2v) is 6.48. The van der Waals surface area contributed by atoms with E-state index in [1.165, 1.54) is 11.3 Å². The van der Waals surface area contributed by atoms with Crippen LogP contribution in [0, 0.1) is 0 Å². The number of H-pyrrole nitrogens is 1. The van der Waals surface area contributed by atoms with Gasteiger partial charge in [0.2, 0.25) is 0 Å². The smallest absolute Gasteiger partial charge is 0.265 e. The molecule has 4 rings (SSSR count). The number of aromatic nitrogens is 4. The Hall–Kier alpha value is -3.11. The van der Waals surface area contributed by atoms with Gasteiger partial charge in [0, 0.05) is 17.1 Å². The molecule has 4 N–H and O–H groups in total. The first kappa shape index (κ1) is 15.4. The minimum atomic E-state index is -0.542. The van der Waals surface area contributed by atoms with E-state index in [4.69, 9.17) is 5.73 Å². The third-order valence-electron chi connectivity index (χ3n) is 3.50. The van der Waals surface area contributed by atoms with Crippen LogP contribution < -0.4 is 11.1 Å². The number of aromatic amines is 1. The zero-order chi connectivity index (χ0) is 17.4. The second-order valence-electron chi connectivity index (χ2n) is 5.10. The fraction of sp³-hybridized carbons (Fsp3) is 0. The van der Waals surface area contributed by atoms with Crippen LogP contribution in [-0.4, -0.2) is 30.5 Å². The Morgan fingerprint density at radius 2 is 2.12 bits per heavy atom. The number of rotatable bonds is 4. The number of thiazole rings is 1. The molecule has 0 bridgehead atoms. The summed E-state index contributed by atoms with van der Waals surface area (Å²) in [6, 6.07) is 6.87. The first-order chi connectivity index (χ1) is 12.1. The summed E-state index contributed by atoms with van der Waals surface area (Å²) in [4.78, 5) is 30.8. The monoisotopic (exact) mass is 370 g/mol. The molecule has 3 heterocycles. The van der Waals surface area contributed by atoms with E-state index in [1.54, 1.807) is 35.8 Å². The number of fused-ring (bicyclic) bond motifs is 1. The highest BCUT2D eigenvalue weighted by Crippen LogP contribution is 2.26. The van der Waals surface area contributed by atoms with Crippen molar-refractivity contribution in [2.45, 2.75) is 0 Å². The van der Waals surface area contributed by atoms with Crippen molar-refractivity contribution >= 4 is 51.0 Å². The van der Waals surface area contributed by atoms with Crippen molar-refractivity contribution in [1.82, 2.24) is 18.7 Å². The van der Waals surface area contributed by atoms with Gasteiger partial charge in [0.05, 0.1) is 23.0 Å². The van der Waals surface area contributed by atoms with Crippen LogP contribution in [0.1, 0.15) is 20.8 Å². The summed E-state index contributed by atoms with van der Waals surface area (Å²) in [5, 5.41) is 5.00. The van der Waals surface area contributed by atoms with Crippen LogP contribution in [0.25, 0.3) is 22.3 Å². The topological polar surface area (TPSA) is 127 Å². The van der Waals surface area contributed by atoms with Gasteiger partial charge in [0.1, 0.15) is 16.7 Å². The van der Waals surface area contributed by atoms with Crippen LogP contribution >= 0.6 is 23.1 Å². The van der Waals surface area contributed by atoms with Gasteiger partial charge in [-0.05, 0) is 18.2 Å². The van der Waals surface area contributed by atoms with E-state index in [0.29, 0.717) is 33.1 Å². The average Bonchev–Trinajstić information content (AvgIpc) is 3.33. The number of amides is 2. The summed E-state index contributed by atoms with van der Waals surface area (Å²) in [5.74, 6) is -0.842. The van der Waals surface area contributed by atoms with Crippen molar-refractivity contribution in [2.24, 2.45) is 5.73 Å². The van der Waals surface area contributed by atoms with E-state index in [9.17, 15) is 9.59 Å². The first-order valence-corrected chi connectivity index (χ1v) is 8.69. The zero-order valence-corrected chi connectivity index (χ0v) is 14.1. The summed E-state index contributed by atoms with van der Waals surface area (Å²) in [6.07, 6.45) is 1.64. The number of nitrogens with zero attached hydrogens (tertiary/aromatic N) is 3. The zero-order valence-electron chi connectivity index (χ0n) is 12.5. The van der Waals surface area contributed by atoms with Crippen molar-refractivity contribution < 1.29 is 9.59 Å². The lowest BCUT2D eigenvalue weighted by Crippen LogP contribution is -2.12. The summed E-state index contributed by atoms with van der Waals surface area (Å²) >= 11 is 2.35. The fourth-order valence-electron chi connectivity index (χ4n) is 2.30. The molecular formula is C15H10N6O2S2. The number of anilines is 1. The predicted molar refractivity (Wildman–Crippen MR) is 95.8 cm³/mol. The Labute approximate surface area is 149 Å². The summed E-state index contributed by atoms with van der Waals surface area (Å²) in [5.41, 5.74) is 8.58. The van der Waals surface area contributed by atoms with Crippen LogP contribution in [0.3, 0.4) is 0 Å². The number of nitrogens with two attached hydrogens (primary N) is 1.